The van der Waals surface area contributed by atoms with Crippen LogP contribution >= 0.6 is 15.9 Å². The monoisotopic (exact) mass is 401 g/mol. The van der Waals surface area contributed by atoms with Gasteiger partial charge >= 0.3 is 6.55 Å². The molecule has 1 aromatic carbocycles. The Bertz CT molecular complexity index is 704. The zero-order valence-corrected chi connectivity index (χ0v) is 14.9. The number of amides is 1. The SMILES string of the molecule is CC(C)Oc1cc(Br)ccc1C(=O)NCCc1nccn1C(F)F. The summed E-state index contributed by atoms with van der Waals surface area (Å²) in [5, 5.41) is 2.70. The molecule has 0 aliphatic heterocycles. The van der Waals surface area contributed by atoms with Crippen LogP contribution in [0.3, 0.4) is 0 Å². The third-order valence-corrected chi connectivity index (χ3v) is 3.64. The maximum Gasteiger partial charge on any atom is 0.319 e. The van der Waals surface area contributed by atoms with E-state index in [0.717, 1.165) is 9.04 Å². The summed E-state index contributed by atoms with van der Waals surface area (Å²) in [4.78, 5) is 16.2. The summed E-state index contributed by atoms with van der Waals surface area (Å²) in [6.45, 7) is 1.29. The summed E-state index contributed by atoms with van der Waals surface area (Å²) < 4.78 is 32.7. The number of imidazole rings is 1. The molecule has 0 fully saturated rings. The molecule has 0 unspecified atom stereocenters. The predicted octanol–water partition coefficient (Wildman–Crippen LogP) is 3.80. The highest BCUT2D eigenvalue weighted by atomic mass is 79.9. The molecule has 0 aliphatic rings. The molecule has 1 heterocycles. The van der Waals surface area contributed by atoms with E-state index >= 15 is 0 Å². The van der Waals surface area contributed by atoms with Crippen molar-refractivity contribution in [2.24, 2.45) is 0 Å². The molecule has 0 aliphatic carbocycles. The third-order valence-electron chi connectivity index (χ3n) is 3.14. The van der Waals surface area contributed by atoms with Gasteiger partial charge in [0.05, 0.1) is 11.7 Å². The van der Waals surface area contributed by atoms with Gasteiger partial charge in [-0.2, -0.15) is 8.78 Å². The number of hydrogen-bond acceptors (Lipinski definition) is 3. The minimum atomic E-state index is -2.64. The predicted molar refractivity (Wildman–Crippen MR) is 89.4 cm³/mol. The van der Waals surface area contributed by atoms with Crippen molar-refractivity contribution in [2.75, 3.05) is 6.54 Å². The van der Waals surface area contributed by atoms with E-state index in [1.807, 2.05) is 13.8 Å². The average Bonchev–Trinajstić information content (AvgIpc) is 2.95. The van der Waals surface area contributed by atoms with Crippen molar-refractivity contribution in [2.45, 2.75) is 32.9 Å². The van der Waals surface area contributed by atoms with Crippen molar-refractivity contribution < 1.29 is 18.3 Å². The molecule has 5 nitrogen and oxygen atoms in total. The van der Waals surface area contributed by atoms with Crippen LogP contribution < -0.4 is 10.1 Å². The van der Waals surface area contributed by atoms with Gasteiger partial charge in [0.25, 0.3) is 5.91 Å². The van der Waals surface area contributed by atoms with Gasteiger partial charge in [0.15, 0.2) is 0 Å². The number of halogens is 3. The zero-order valence-electron chi connectivity index (χ0n) is 13.3. The minimum absolute atomic E-state index is 0.0793. The third kappa shape index (κ3) is 4.77. The maximum absolute atomic E-state index is 12.7. The zero-order chi connectivity index (χ0) is 17.7. The van der Waals surface area contributed by atoms with Gasteiger partial charge in [0.1, 0.15) is 11.6 Å². The Balaban J connectivity index is 2.01. The number of aromatic nitrogens is 2. The lowest BCUT2D eigenvalue weighted by molar-refractivity contribution is 0.0670. The van der Waals surface area contributed by atoms with Crippen LogP contribution in [0.1, 0.15) is 36.6 Å². The second kappa shape index (κ2) is 8.23. The lowest BCUT2D eigenvalue weighted by atomic mass is 10.2. The quantitative estimate of drug-likeness (QED) is 0.767. The van der Waals surface area contributed by atoms with E-state index in [9.17, 15) is 13.6 Å². The van der Waals surface area contributed by atoms with Gasteiger partial charge in [0, 0.05) is 29.8 Å². The fraction of sp³-hybridized carbons (Fsp3) is 0.375. The number of carbonyl (C=O) groups is 1. The normalized spacial score (nSPS) is 11.1. The number of ether oxygens (including phenoxy) is 1. The summed E-state index contributed by atoms with van der Waals surface area (Å²) >= 11 is 3.34. The Hall–Kier alpha value is -1.96. The van der Waals surface area contributed by atoms with Gasteiger partial charge in [-0.1, -0.05) is 15.9 Å². The van der Waals surface area contributed by atoms with Crippen LogP contribution in [0.4, 0.5) is 8.78 Å². The van der Waals surface area contributed by atoms with Crippen molar-refractivity contribution in [1.29, 1.82) is 0 Å². The van der Waals surface area contributed by atoms with Crippen LogP contribution in [0.15, 0.2) is 35.1 Å². The highest BCUT2D eigenvalue weighted by Crippen LogP contribution is 2.24. The van der Waals surface area contributed by atoms with Crippen molar-refractivity contribution in [3.05, 3.63) is 46.5 Å². The lowest BCUT2D eigenvalue weighted by Crippen LogP contribution is -2.27. The van der Waals surface area contributed by atoms with Gasteiger partial charge in [-0.3, -0.25) is 9.36 Å². The molecule has 2 aromatic rings. The number of nitrogens with one attached hydrogen (secondary N) is 1. The summed E-state index contributed by atoms with van der Waals surface area (Å²) in [7, 11) is 0. The van der Waals surface area contributed by atoms with Crippen LogP contribution in [0, 0.1) is 0 Å². The molecule has 1 amide bonds. The molecule has 2 rings (SSSR count). The molecule has 0 radical (unpaired) electrons. The van der Waals surface area contributed by atoms with Crippen LogP contribution in [0.5, 0.6) is 5.75 Å². The Morgan fingerprint density at radius 3 is 2.83 bits per heavy atom. The largest absolute Gasteiger partial charge is 0.490 e. The fourth-order valence-corrected chi connectivity index (χ4v) is 2.47. The first kappa shape index (κ1) is 18.4. The van der Waals surface area contributed by atoms with E-state index < -0.39 is 6.55 Å². The van der Waals surface area contributed by atoms with E-state index in [4.69, 9.17) is 4.74 Å². The summed E-state index contributed by atoms with van der Waals surface area (Å²) in [6, 6.07) is 5.11. The summed E-state index contributed by atoms with van der Waals surface area (Å²) in [5.41, 5.74) is 0.393. The Kier molecular flexibility index (Phi) is 6.30. The van der Waals surface area contributed by atoms with Gasteiger partial charge in [0.2, 0.25) is 0 Å². The minimum Gasteiger partial charge on any atom is -0.490 e. The second-order valence-corrected chi connectivity index (χ2v) is 6.26. The van der Waals surface area contributed by atoms with Crippen molar-refractivity contribution in [3.8, 4) is 5.75 Å². The van der Waals surface area contributed by atoms with Crippen LogP contribution in [-0.2, 0) is 6.42 Å². The molecule has 130 valence electrons. The van der Waals surface area contributed by atoms with Crippen LogP contribution in [0.2, 0.25) is 0 Å². The van der Waals surface area contributed by atoms with E-state index in [2.05, 4.69) is 26.2 Å². The van der Waals surface area contributed by atoms with Gasteiger partial charge in [-0.15, -0.1) is 0 Å². The smallest absolute Gasteiger partial charge is 0.319 e. The molecular formula is C16H18BrF2N3O2. The van der Waals surface area contributed by atoms with Gasteiger partial charge < -0.3 is 10.1 Å². The molecule has 24 heavy (non-hydrogen) atoms. The number of carbonyl (C=O) groups excluding carboxylic acids is 1. The highest BCUT2D eigenvalue weighted by molar-refractivity contribution is 9.10. The topological polar surface area (TPSA) is 56.1 Å². The van der Waals surface area contributed by atoms with E-state index in [-0.39, 0.29) is 30.8 Å². The number of benzene rings is 1. The second-order valence-electron chi connectivity index (χ2n) is 5.34. The number of alkyl halides is 2. The maximum atomic E-state index is 12.7. The Labute approximate surface area is 147 Å². The fourth-order valence-electron chi connectivity index (χ4n) is 2.13. The first-order chi connectivity index (χ1) is 11.4. The first-order valence-corrected chi connectivity index (χ1v) is 8.22. The number of nitrogens with zero attached hydrogens (tertiary/aromatic N) is 2. The molecule has 0 spiro atoms. The van der Waals surface area contributed by atoms with E-state index in [1.54, 1.807) is 18.2 Å². The van der Waals surface area contributed by atoms with Gasteiger partial charge in [-0.05, 0) is 32.0 Å². The van der Waals surface area contributed by atoms with Crippen LogP contribution in [0.25, 0.3) is 0 Å². The Morgan fingerprint density at radius 1 is 1.42 bits per heavy atom. The first-order valence-electron chi connectivity index (χ1n) is 7.42. The molecule has 0 saturated heterocycles. The van der Waals surface area contributed by atoms with Crippen molar-refractivity contribution in [1.82, 2.24) is 14.9 Å². The van der Waals surface area contributed by atoms with Crippen LogP contribution in [-0.4, -0.2) is 28.1 Å². The molecule has 1 aromatic heterocycles. The standard InChI is InChI=1S/C16H18BrF2N3O2/c1-10(2)24-13-9-11(17)3-4-12(13)15(23)21-6-5-14-20-7-8-22(14)16(18)19/h3-4,7-10,16H,5-6H2,1-2H3,(H,21,23). The highest BCUT2D eigenvalue weighted by Gasteiger charge is 2.15. The number of rotatable bonds is 7. The van der Waals surface area contributed by atoms with Crippen molar-refractivity contribution >= 4 is 21.8 Å². The Morgan fingerprint density at radius 2 is 2.17 bits per heavy atom. The van der Waals surface area contributed by atoms with E-state index in [0.29, 0.717) is 11.3 Å². The summed E-state index contributed by atoms with van der Waals surface area (Å²) in [5.74, 6) is 0.360. The van der Waals surface area contributed by atoms with Crippen molar-refractivity contribution in [3.63, 3.8) is 0 Å². The molecule has 1 N–H and O–H groups in total. The molecule has 0 bridgehead atoms. The summed E-state index contributed by atoms with van der Waals surface area (Å²) in [6.07, 6.45) is 2.65. The molecule has 8 heteroatoms. The molecule has 0 saturated carbocycles. The van der Waals surface area contributed by atoms with E-state index in [1.165, 1.54) is 12.4 Å². The van der Waals surface area contributed by atoms with Gasteiger partial charge in [-0.25, -0.2) is 4.98 Å². The lowest BCUT2D eigenvalue weighted by Gasteiger charge is -2.14. The molecular weight excluding hydrogens is 384 g/mol. The number of hydrogen-bond donors (Lipinski definition) is 1. The molecule has 0 atom stereocenters. The average molecular weight is 402 g/mol.